The van der Waals surface area contributed by atoms with E-state index in [0.29, 0.717) is 0 Å². The molecule has 4 heteroatoms. The molecule has 0 fully saturated rings. The largest absolute Gasteiger partial charge is 0.490 e. The minimum Gasteiger partial charge on any atom is -0.490 e. The minimum absolute atomic E-state index is 0.0782. The molecular weight excluding hydrogens is 216 g/mol. The first-order valence-electron chi connectivity index (χ1n) is 5.97. The van der Waals surface area contributed by atoms with Gasteiger partial charge in [0.1, 0.15) is 12.4 Å². The summed E-state index contributed by atoms with van der Waals surface area (Å²) >= 11 is 0. The van der Waals surface area contributed by atoms with E-state index >= 15 is 0 Å². The van der Waals surface area contributed by atoms with Crippen molar-refractivity contribution >= 4 is 5.69 Å². The van der Waals surface area contributed by atoms with Crippen LogP contribution in [0.15, 0.2) is 18.2 Å². The van der Waals surface area contributed by atoms with E-state index in [4.69, 9.17) is 4.74 Å². The average Bonchev–Trinajstić information content (AvgIpc) is 2.35. The summed E-state index contributed by atoms with van der Waals surface area (Å²) in [6.07, 6.45) is 0. The molecule has 94 valence electrons. The molecule has 0 aromatic heterocycles. The van der Waals surface area contributed by atoms with Crippen LogP contribution in [0, 0.1) is 0 Å². The molecule has 1 aromatic carbocycles. The topological polar surface area (TPSA) is 35.9 Å². The fourth-order valence-corrected chi connectivity index (χ4v) is 1.97. The normalized spacial score (nSPS) is 14.7. The number of rotatable bonds is 4. The number of benzene rings is 1. The maximum Gasteiger partial charge on any atom is 0.142 e. The second-order valence-electron chi connectivity index (χ2n) is 4.60. The third-order valence-corrected chi connectivity index (χ3v) is 2.98. The third-order valence-electron chi connectivity index (χ3n) is 2.98. The molecule has 0 bridgehead atoms. The smallest absolute Gasteiger partial charge is 0.142 e. The zero-order valence-corrected chi connectivity index (χ0v) is 10.5. The average molecular weight is 236 g/mol. The van der Waals surface area contributed by atoms with Gasteiger partial charge in [-0.2, -0.15) is 0 Å². The first-order chi connectivity index (χ1) is 8.20. The first-order valence-corrected chi connectivity index (χ1v) is 5.97. The Morgan fingerprint density at radius 3 is 2.94 bits per heavy atom. The number of hydrogen-bond donors (Lipinski definition) is 1. The van der Waals surface area contributed by atoms with E-state index in [1.807, 2.05) is 18.2 Å². The van der Waals surface area contributed by atoms with Gasteiger partial charge in [-0.05, 0) is 31.8 Å². The Bertz CT molecular complexity index is 380. The van der Waals surface area contributed by atoms with Gasteiger partial charge in [0.2, 0.25) is 0 Å². The molecule has 1 heterocycles. The molecule has 0 amide bonds. The van der Waals surface area contributed by atoms with E-state index in [9.17, 15) is 5.11 Å². The highest BCUT2D eigenvalue weighted by Gasteiger charge is 2.18. The van der Waals surface area contributed by atoms with Crippen LogP contribution in [-0.4, -0.2) is 50.3 Å². The summed E-state index contributed by atoms with van der Waals surface area (Å²) in [5.41, 5.74) is 2.04. The monoisotopic (exact) mass is 236 g/mol. The van der Waals surface area contributed by atoms with Crippen LogP contribution < -0.4 is 9.64 Å². The van der Waals surface area contributed by atoms with Gasteiger partial charge in [-0.3, -0.25) is 0 Å². The SMILES string of the molecule is CN(C)CCN1CCOc2ccc(CO)cc21. The van der Waals surface area contributed by atoms with Crippen molar-refractivity contribution < 1.29 is 9.84 Å². The lowest BCUT2D eigenvalue weighted by atomic mass is 10.1. The summed E-state index contributed by atoms with van der Waals surface area (Å²) in [6, 6.07) is 5.88. The van der Waals surface area contributed by atoms with Crippen LogP contribution in [-0.2, 0) is 6.61 Å². The molecule has 1 aromatic rings. The highest BCUT2D eigenvalue weighted by Crippen LogP contribution is 2.32. The molecular formula is C13H20N2O2. The van der Waals surface area contributed by atoms with Crippen LogP contribution in [0.4, 0.5) is 5.69 Å². The zero-order chi connectivity index (χ0) is 12.3. The van der Waals surface area contributed by atoms with Crippen LogP contribution >= 0.6 is 0 Å². The fraction of sp³-hybridized carbons (Fsp3) is 0.538. The highest BCUT2D eigenvalue weighted by atomic mass is 16.5. The lowest BCUT2D eigenvalue weighted by molar-refractivity contribution is 0.280. The number of anilines is 1. The first kappa shape index (κ1) is 12.2. The number of hydrogen-bond acceptors (Lipinski definition) is 4. The van der Waals surface area contributed by atoms with Gasteiger partial charge in [0.25, 0.3) is 0 Å². The van der Waals surface area contributed by atoms with Crippen LogP contribution in [0.2, 0.25) is 0 Å². The van der Waals surface area contributed by atoms with Crippen molar-refractivity contribution in [3.63, 3.8) is 0 Å². The second kappa shape index (κ2) is 5.38. The van der Waals surface area contributed by atoms with Gasteiger partial charge >= 0.3 is 0 Å². The van der Waals surface area contributed by atoms with E-state index in [1.54, 1.807) is 0 Å². The second-order valence-corrected chi connectivity index (χ2v) is 4.60. The summed E-state index contributed by atoms with van der Waals surface area (Å²) in [4.78, 5) is 4.49. The molecule has 1 aliphatic heterocycles. The van der Waals surface area contributed by atoms with E-state index in [1.165, 1.54) is 0 Å². The number of fused-ring (bicyclic) bond motifs is 1. The van der Waals surface area contributed by atoms with Gasteiger partial charge in [0.05, 0.1) is 18.8 Å². The fourth-order valence-electron chi connectivity index (χ4n) is 1.97. The van der Waals surface area contributed by atoms with Crippen LogP contribution in [0.1, 0.15) is 5.56 Å². The van der Waals surface area contributed by atoms with Gasteiger partial charge < -0.3 is 19.6 Å². The highest BCUT2D eigenvalue weighted by molar-refractivity contribution is 5.61. The molecule has 1 aliphatic rings. The predicted octanol–water partition coefficient (Wildman–Crippen LogP) is 0.939. The van der Waals surface area contributed by atoms with Crippen molar-refractivity contribution in [3.05, 3.63) is 23.8 Å². The van der Waals surface area contributed by atoms with E-state index in [-0.39, 0.29) is 6.61 Å². The number of aliphatic hydroxyl groups excluding tert-OH is 1. The van der Waals surface area contributed by atoms with Gasteiger partial charge in [-0.1, -0.05) is 6.07 Å². The summed E-state index contributed by atoms with van der Waals surface area (Å²) in [7, 11) is 4.15. The molecule has 0 saturated heterocycles. The lowest BCUT2D eigenvalue weighted by Gasteiger charge is -2.32. The van der Waals surface area contributed by atoms with Crippen LogP contribution in [0.3, 0.4) is 0 Å². The van der Waals surface area contributed by atoms with Gasteiger partial charge in [-0.15, -0.1) is 0 Å². The number of ether oxygens (including phenoxy) is 1. The molecule has 17 heavy (non-hydrogen) atoms. The van der Waals surface area contributed by atoms with E-state index in [2.05, 4.69) is 23.9 Å². The summed E-state index contributed by atoms with van der Waals surface area (Å²) in [5.74, 6) is 0.923. The standard InChI is InChI=1S/C13H20N2O2/c1-14(2)5-6-15-7-8-17-13-4-3-11(10-16)9-12(13)15/h3-4,9,16H,5-8,10H2,1-2H3. The van der Waals surface area contributed by atoms with E-state index < -0.39 is 0 Å². The Hall–Kier alpha value is -1.26. The molecule has 2 rings (SSSR count). The maximum atomic E-state index is 9.18. The molecule has 0 radical (unpaired) electrons. The zero-order valence-electron chi connectivity index (χ0n) is 10.5. The minimum atomic E-state index is 0.0782. The number of likely N-dealkylation sites (N-methyl/N-ethyl adjacent to an activating group) is 1. The number of aliphatic hydroxyl groups is 1. The van der Waals surface area contributed by atoms with Crippen LogP contribution in [0.25, 0.3) is 0 Å². The van der Waals surface area contributed by atoms with Crippen LogP contribution in [0.5, 0.6) is 5.75 Å². The van der Waals surface area contributed by atoms with E-state index in [0.717, 1.165) is 43.2 Å². The number of nitrogens with zero attached hydrogens (tertiary/aromatic N) is 2. The Morgan fingerprint density at radius 1 is 1.41 bits per heavy atom. The van der Waals surface area contributed by atoms with Crippen molar-refractivity contribution in [2.75, 3.05) is 45.2 Å². The molecule has 4 nitrogen and oxygen atoms in total. The van der Waals surface area contributed by atoms with Crippen molar-refractivity contribution in [2.45, 2.75) is 6.61 Å². The Balaban J connectivity index is 2.16. The van der Waals surface area contributed by atoms with Gasteiger partial charge in [-0.25, -0.2) is 0 Å². The summed E-state index contributed by atoms with van der Waals surface area (Å²) in [6.45, 7) is 3.73. The maximum absolute atomic E-state index is 9.18. The molecule has 0 saturated carbocycles. The Kier molecular flexibility index (Phi) is 3.86. The lowest BCUT2D eigenvalue weighted by Crippen LogP contribution is -2.37. The predicted molar refractivity (Wildman–Crippen MR) is 68.6 cm³/mol. The quantitative estimate of drug-likeness (QED) is 0.844. The summed E-state index contributed by atoms with van der Waals surface area (Å²) < 4.78 is 5.62. The molecule has 0 unspecified atom stereocenters. The molecule has 0 spiro atoms. The van der Waals surface area contributed by atoms with Gasteiger partial charge in [0, 0.05) is 13.1 Å². The van der Waals surface area contributed by atoms with Crippen molar-refractivity contribution in [3.8, 4) is 5.75 Å². The van der Waals surface area contributed by atoms with Gasteiger partial charge in [0.15, 0.2) is 0 Å². The molecule has 1 N–H and O–H groups in total. The van der Waals surface area contributed by atoms with Crippen molar-refractivity contribution in [2.24, 2.45) is 0 Å². The molecule has 0 atom stereocenters. The Morgan fingerprint density at radius 2 is 2.24 bits per heavy atom. The third kappa shape index (κ3) is 2.90. The van der Waals surface area contributed by atoms with Crippen molar-refractivity contribution in [1.82, 2.24) is 4.90 Å². The Labute approximate surface area is 102 Å². The van der Waals surface area contributed by atoms with Crippen molar-refractivity contribution in [1.29, 1.82) is 0 Å². The molecule has 0 aliphatic carbocycles. The summed E-state index contributed by atoms with van der Waals surface area (Å²) in [5, 5.41) is 9.18.